The molecule has 3 atom stereocenters. The van der Waals surface area contributed by atoms with E-state index in [1.807, 2.05) is 6.92 Å². The highest BCUT2D eigenvalue weighted by Gasteiger charge is 2.37. The molecule has 3 rings (SSSR count). The molecule has 0 bridgehead atoms. The normalized spacial score (nSPS) is 22.0. The number of fused-ring (bicyclic) bond motifs is 1. The fourth-order valence-electron chi connectivity index (χ4n) is 3.62. The van der Waals surface area contributed by atoms with Crippen molar-refractivity contribution in [2.24, 2.45) is 11.8 Å². The lowest BCUT2D eigenvalue weighted by Crippen LogP contribution is -2.50. The van der Waals surface area contributed by atoms with Crippen molar-refractivity contribution in [3.8, 4) is 17.7 Å². The van der Waals surface area contributed by atoms with Gasteiger partial charge in [-0.2, -0.15) is 0 Å². The van der Waals surface area contributed by atoms with Gasteiger partial charge in [0.15, 0.2) is 0 Å². The average Bonchev–Trinajstić information content (AvgIpc) is 3.58. The van der Waals surface area contributed by atoms with Gasteiger partial charge in [-0.3, -0.25) is 9.59 Å². The minimum atomic E-state index is -1.18. The molecule has 1 saturated carbocycles. The van der Waals surface area contributed by atoms with E-state index in [0.29, 0.717) is 18.7 Å². The summed E-state index contributed by atoms with van der Waals surface area (Å²) in [6, 6.07) is 1.21. The highest BCUT2D eigenvalue weighted by atomic mass is 16.5. The Morgan fingerprint density at radius 1 is 1.44 bits per heavy atom. The van der Waals surface area contributed by atoms with Crippen molar-refractivity contribution in [1.29, 1.82) is 0 Å². The van der Waals surface area contributed by atoms with Crippen LogP contribution in [0, 0.1) is 23.7 Å². The molecule has 1 aromatic rings. The van der Waals surface area contributed by atoms with Gasteiger partial charge in [-0.15, -0.1) is 0 Å². The molecule has 1 fully saturated rings. The summed E-state index contributed by atoms with van der Waals surface area (Å²) in [5.41, 5.74) is -0.451. The van der Waals surface area contributed by atoms with Gasteiger partial charge in [-0.05, 0) is 39.7 Å². The molecule has 2 aliphatic rings. The zero-order valence-corrected chi connectivity index (χ0v) is 19.5. The minimum Gasteiger partial charge on any atom is -0.472 e. The van der Waals surface area contributed by atoms with Crippen molar-refractivity contribution < 1.29 is 24.5 Å². The molecule has 1 aliphatic carbocycles. The number of pyridine rings is 1. The van der Waals surface area contributed by atoms with E-state index in [9.17, 15) is 19.8 Å². The monoisotopic (exact) mass is 443 g/mol. The van der Waals surface area contributed by atoms with Crippen LogP contribution in [0.5, 0.6) is 5.88 Å². The number of amides is 2. The van der Waals surface area contributed by atoms with Crippen LogP contribution in [0.15, 0.2) is 12.3 Å². The molecular weight excluding hydrogens is 410 g/mol. The summed E-state index contributed by atoms with van der Waals surface area (Å²) < 4.78 is 6.19. The second-order valence-corrected chi connectivity index (χ2v) is 9.50. The number of ether oxygens (including phenoxy) is 1. The van der Waals surface area contributed by atoms with Crippen LogP contribution in [-0.2, 0) is 4.79 Å². The van der Waals surface area contributed by atoms with Crippen LogP contribution >= 0.6 is 0 Å². The SMILES string of the molecule is C[C@H](CO)N1C[C@H](C)[C@@H](CN(C)C(=O)C2CC2)Oc2ncc(C#CC(C)(C)O)cc2C1=O. The topological polar surface area (TPSA) is 103 Å². The summed E-state index contributed by atoms with van der Waals surface area (Å²) in [6.45, 7) is 7.49. The van der Waals surface area contributed by atoms with Gasteiger partial charge in [0, 0.05) is 37.2 Å². The van der Waals surface area contributed by atoms with Crippen LogP contribution in [0.2, 0.25) is 0 Å². The zero-order valence-electron chi connectivity index (χ0n) is 19.5. The van der Waals surface area contributed by atoms with E-state index < -0.39 is 11.6 Å². The molecule has 1 aromatic heterocycles. The molecule has 2 amide bonds. The van der Waals surface area contributed by atoms with E-state index in [1.165, 1.54) is 6.20 Å². The lowest BCUT2D eigenvalue weighted by molar-refractivity contribution is -0.132. The minimum absolute atomic E-state index is 0.0907. The van der Waals surface area contributed by atoms with Gasteiger partial charge in [-0.25, -0.2) is 4.98 Å². The number of rotatable bonds is 5. The third-order valence-corrected chi connectivity index (χ3v) is 5.79. The molecule has 1 aliphatic heterocycles. The average molecular weight is 444 g/mol. The van der Waals surface area contributed by atoms with Crippen molar-refractivity contribution in [3.05, 3.63) is 23.4 Å². The lowest BCUT2D eigenvalue weighted by Gasteiger charge is -2.37. The van der Waals surface area contributed by atoms with Crippen molar-refractivity contribution >= 4 is 11.8 Å². The maximum absolute atomic E-state index is 13.4. The Kier molecular flexibility index (Phi) is 7.11. The first-order valence-corrected chi connectivity index (χ1v) is 11.1. The summed E-state index contributed by atoms with van der Waals surface area (Å²) >= 11 is 0. The number of aromatic nitrogens is 1. The van der Waals surface area contributed by atoms with Crippen LogP contribution in [0.3, 0.4) is 0 Å². The van der Waals surface area contributed by atoms with E-state index in [-0.39, 0.29) is 47.8 Å². The summed E-state index contributed by atoms with van der Waals surface area (Å²) in [5.74, 6) is 5.58. The third-order valence-electron chi connectivity index (χ3n) is 5.79. The first kappa shape index (κ1) is 24.0. The molecule has 0 aromatic carbocycles. The fourth-order valence-corrected chi connectivity index (χ4v) is 3.62. The molecule has 8 heteroatoms. The number of hydrogen-bond acceptors (Lipinski definition) is 6. The van der Waals surface area contributed by atoms with Crippen LogP contribution < -0.4 is 4.74 Å². The zero-order chi connectivity index (χ0) is 23.6. The summed E-state index contributed by atoms with van der Waals surface area (Å²) in [6.07, 6.45) is 3.00. The van der Waals surface area contributed by atoms with E-state index in [4.69, 9.17) is 4.74 Å². The summed E-state index contributed by atoms with van der Waals surface area (Å²) in [7, 11) is 1.78. The van der Waals surface area contributed by atoms with E-state index in [2.05, 4.69) is 16.8 Å². The quantitative estimate of drug-likeness (QED) is 0.665. The number of carbonyl (C=O) groups excluding carboxylic acids is 2. The number of aliphatic hydroxyl groups is 2. The summed E-state index contributed by atoms with van der Waals surface area (Å²) in [5, 5.41) is 19.6. The number of hydrogen-bond donors (Lipinski definition) is 2. The Balaban J connectivity index is 1.96. The number of aliphatic hydroxyl groups excluding tert-OH is 1. The first-order valence-electron chi connectivity index (χ1n) is 11.1. The van der Waals surface area contributed by atoms with E-state index in [0.717, 1.165) is 12.8 Å². The molecule has 0 saturated heterocycles. The van der Waals surface area contributed by atoms with Crippen LogP contribution in [0.4, 0.5) is 0 Å². The number of likely N-dealkylation sites (N-methyl/N-ethyl adjacent to an activating group) is 1. The first-order chi connectivity index (χ1) is 15.0. The number of carbonyl (C=O) groups is 2. The van der Waals surface area contributed by atoms with Crippen LogP contribution in [-0.4, -0.2) is 81.3 Å². The number of nitrogens with zero attached hydrogens (tertiary/aromatic N) is 3. The molecule has 0 radical (unpaired) electrons. The maximum Gasteiger partial charge on any atom is 0.259 e. The molecule has 0 spiro atoms. The van der Waals surface area contributed by atoms with Gasteiger partial charge in [0.1, 0.15) is 17.3 Å². The maximum atomic E-state index is 13.4. The molecular formula is C24H33N3O5. The largest absolute Gasteiger partial charge is 0.472 e. The highest BCUT2D eigenvalue weighted by molar-refractivity contribution is 5.97. The Bertz CT molecular complexity index is 926. The Morgan fingerprint density at radius 2 is 2.12 bits per heavy atom. The Morgan fingerprint density at radius 3 is 2.72 bits per heavy atom. The van der Waals surface area contributed by atoms with Crippen LogP contribution in [0.25, 0.3) is 0 Å². The van der Waals surface area contributed by atoms with Crippen molar-refractivity contribution in [2.75, 3.05) is 26.7 Å². The van der Waals surface area contributed by atoms with E-state index >= 15 is 0 Å². The Labute approximate surface area is 189 Å². The fraction of sp³-hybridized carbons (Fsp3) is 0.625. The molecule has 2 N–H and O–H groups in total. The molecule has 0 unspecified atom stereocenters. The molecule has 32 heavy (non-hydrogen) atoms. The second kappa shape index (κ2) is 9.47. The van der Waals surface area contributed by atoms with Crippen molar-refractivity contribution in [2.45, 2.75) is 58.3 Å². The summed E-state index contributed by atoms with van der Waals surface area (Å²) in [4.78, 5) is 33.5. The smallest absolute Gasteiger partial charge is 0.259 e. The van der Waals surface area contributed by atoms with E-state index in [1.54, 1.807) is 43.7 Å². The van der Waals surface area contributed by atoms with Crippen molar-refractivity contribution in [3.63, 3.8) is 0 Å². The predicted octanol–water partition coefficient (Wildman–Crippen LogP) is 1.29. The van der Waals surface area contributed by atoms with Gasteiger partial charge < -0.3 is 24.7 Å². The van der Waals surface area contributed by atoms with Gasteiger partial charge >= 0.3 is 0 Å². The van der Waals surface area contributed by atoms with Crippen LogP contribution in [0.1, 0.15) is 56.5 Å². The molecule has 2 heterocycles. The molecule has 174 valence electrons. The van der Waals surface area contributed by atoms with Gasteiger partial charge in [0.05, 0.1) is 19.2 Å². The predicted molar refractivity (Wildman–Crippen MR) is 119 cm³/mol. The molecule has 8 nitrogen and oxygen atoms in total. The van der Waals surface area contributed by atoms with Gasteiger partial charge in [0.25, 0.3) is 5.91 Å². The Hall–Kier alpha value is -2.63. The van der Waals surface area contributed by atoms with Crippen molar-refractivity contribution in [1.82, 2.24) is 14.8 Å². The van der Waals surface area contributed by atoms with Gasteiger partial charge in [0.2, 0.25) is 11.8 Å². The second-order valence-electron chi connectivity index (χ2n) is 9.50. The highest BCUT2D eigenvalue weighted by Crippen LogP contribution is 2.32. The standard InChI is InChI=1S/C24H33N3O5/c1-15-12-27(16(2)14-28)23(30)19-10-17(8-9-24(3,4)31)11-25-21(19)32-20(15)13-26(5)22(29)18-6-7-18/h10-11,15-16,18,20,28,31H,6-7,12-14H2,1-5H3/t15-,16+,20+/m0/s1. The third kappa shape index (κ3) is 5.78. The lowest BCUT2D eigenvalue weighted by atomic mass is 9.99. The van der Waals surface area contributed by atoms with Gasteiger partial charge in [-0.1, -0.05) is 18.8 Å².